The van der Waals surface area contributed by atoms with Crippen molar-refractivity contribution >= 4 is 28.8 Å². The lowest BCUT2D eigenvalue weighted by Crippen LogP contribution is -2.20. The zero-order valence-electron chi connectivity index (χ0n) is 17.3. The van der Waals surface area contributed by atoms with E-state index in [9.17, 15) is 18.0 Å². The molecule has 170 valence electrons. The number of benzene rings is 2. The number of hydrogen-bond donors (Lipinski definition) is 1. The summed E-state index contributed by atoms with van der Waals surface area (Å²) < 4.78 is 44.1. The van der Waals surface area contributed by atoms with Crippen LogP contribution in [0.4, 0.5) is 18.9 Å². The number of nitrogens with one attached hydrogen (secondary N) is 1. The smallest absolute Gasteiger partial charge is 0.322 e. The van der Waals surface area contributed by atoms with Crippen LogP contribution in [0, 0.1) is 0 Å². The summed E-state index contributed by atoms with van der Waals surface area (Å²) in [5.41, 5.74) is 1.02. The van der Waals surface area contributed by atoms with Gasteiger partial charge in [0.15, 0.2) is 5.69 Å². The molecule has 0 saturated carbocycles. The summed E-state index contributed by atoms with van der Waals surface area (Å²) in [6.07, 6.45) is -0.167. The Hall–Kier alpha value is -4.11. The zero-order valence-corrected chi connectivity index (χ0v) is 18.0. The number of alkyl halides is 3. The molecule has 3 heterocycles. The van der Waals surface area contributed by atoms with Crippen LogP contribution in [-0.4, -0.2) is 25.1 Å². The molecule has 5 aromatic rings. The van der Waals surface area contributed by atoms with Crippen molar-refractivity contribution in [3.8, 4) is 16.9 Å². The molecule has 0 atom stereocenters. The molecule has 0 saturated heterocycles. The summed E-state index contributed by atoms with van der Waals surface area (Å²) in [5.74, 6) is -0.923. The van der Waals surface area contributed by atoms with E-state index < -0.39 is 23.3 Å². The molecule has 1 N–H and O–H groups in total. The quantitative estimate of drug-likeness (QED) is 0.337. The van der Waals surface area contributed by atoms with Gasteiger partial charge in [-0.3, -0.25) is 4.79 Å². The van der Waals surface area contributed by atoms with E-state index in [2.05, 4.69) is 15.4 Å². The number of hydrogen-bond acceptors (Lipinski definition) is 3. The van der Waals surface area contributed by atoms with Gasteiger partial charge < -0.3 is 9.72 Å². The minimum absolute atomic E-state index is 0.132. The van der Waals surface area contributed by atoms with Gasteiger partial charge in [-0.25, -0.2) is 9.67 Å². The van der Waals surface area contributed by atoms with Crippen molar-refractivity contribution in [1.82, 2.24) is 19.2 Å². The molecule has 0 fully saturated rings. The standard InChI is InChI=1S/C24H15ClF3N5O/c25-16-6-10-18(11-7-16)33-22(24(26,27)28)19(13-29-33)23(34)30-17-8-4-15(5-9-17)20-14-32-12-2-1-3-21(32)31-20/h1-14H,(H,30,34). The maximum atomic E-state index is 13.9. The second-order valence-corrected chi connectivity index (χ2v) is 7.85. The number of amides is 1. The summed E-state index contributed by atoms with van der Waals surface area (Å²) in [6.45, 7) is 0. The summed E-state index contributed by atoms with van der Waals surface area (Å²) in [5, 5.41) is 6.68. The fourth-order valence-corrected chi connectivity index (χ4v) is 3.69. The van der Waals surface area contributed by atoms with Crippen molar-refractivity contribution in [2.24, 2.45) is 0 Å². The summed E-state index contributed by atoms with van der Waals surface area (Å²) in [7, 11) is 0. The van der Waals surface area contributed by atoms with Crippen LogP contribution < -0.4 is 5.32 Å². The predicted molar refractivity (Wildman–Crippen MR) is 122 cm³/mol. The van der Waals surface area contributed by atoms with Crippen LogP contribution in [0.3, 0.4) is 0 Å². The fraction of sp³-hybridized carbons (Fsp3) is 0.0417. The number of aromatic nitrogens is 4. The van der Waals surface area contributed by atoms with Crippen molar-refractivity contribution < 1.29 is 18.0 Å². The molecule has 0 aliphatic carbocycles. The van der Waals surface area contributed by atoms with E-state index >= 15 is 0 Å². The van der Waals surface area contributed by atoms with Gasteiger partial charge in [-0.2, -0.15) is 18.3 Å². The van der Waals surface area contributed by atoms with Crippen molar-refractivity contribution in [3.63, 3.8) is 0 Å². The predicted octanol–water partition coefficient (Wildman–Crippen LogP) is 6.11. The third-order valence-corrected chi connectivity index (χ3v) is 5.41. The monoisotopic (exact) mass is 481 g/mol. The number of halogens is 4. The minimum atomic E-state index is -4.81. The summed E-state index contributed by atoms with van der Waals surface area (Å²) in [6, 6.07) is 18.0. The SMILES string of the molecule is O=C(Nc1ccc(-c2cn3ccccc3n2)cc1)c1cnn(-c2ccc(Cl)cc2)c1C(F)(F)F. The Morgan fingerprint density at radius 3 is 2.38 bits per heavy atom. The van der Waals surface area contributed by atoms with E-state index in [1.807, 2.05) is 35.0 Å². The van der Waals surface area contributed by atoms with Gasteiger partial charge in [0, 0.05) is 28.7 Å². The van der Waals surface area contributed by atoms with Crippen LogP contribution >= 0.6 is 11.6 Å². The molecule has 3 aromatic heterocycles. The van der Waals surface area contributed by atoms with Gasteiger partial charge in [0.2, 0.25) is 0 Å². The van der Waals surface area contributed by atoms with E-state index in [0.29, 0.717) is 15.4 Å². The fourth-order valence-electron chi connectivity index (χ4n) is 3.56. The first kappa shape index (κ1) is 21.7. The van der Waals surface area contributed by atoms with Gasteiger partial charge in [-0.1, -0.05) is 29.8 Å². The number of pyridine rings is 1. The highest BCUT2D eigenvalue weighted by Crippen LogP contribution is 2.34. The Morgan fingerprint density at radius 2 is 1.71 bits per heavy atom. The maximum absolute atomic E-state index is 13.9. The van der Waals surface area contributed by atoms with Gasteiger partial charge in [0.05, 0.1) is 23.1 Å². The van der Waals surface area contributed by atoms with E-state index in [1.165, 1.54) is 24.3 Å². The molecule has 0 unspecified atom stereocenters. The Kier molecular flexibility index (Phi) is 5.33. The molecular formula is C24H15ClF3N5O. The minimum Gasteiger partial charge on any atom is -0.322 e. The number of anilines is 1. The van der Waals surface area contributed by atoms with Crippen LogP contribution in [0.5, 0.6) is 0 Å². The van der Waals surface area contributed by atoms with Crippen molar-refractivity contribution in [2.45, 2.75) is 6.18 Å². The topological polar surface area (TPSA) is 64.2 Å². The third-order valence-electron chi connectivity index (χ3n) is 5.16. The highest BCUT2D eigenvalue weighted by atomic mass is 35.5. The average Bonchev–Trinajstić information content (AvgIpc) is 3.45. The van der Waals surface area contributed by atoms with Crippen LogP contribution in [0.25, 0.3) is 22.6 Å². The van der Waals surface area contributed by atoms with Crippen molar-refractivity contribution in [3.05, 3.63) is 102 Å². The molecule has 0 bridgehead atoms. The first-order chi connectivity index (χ1) is 16.3. The lowest BCUT2D eigenvalue weighted by molar-refractivity contribution is -0.143. The molecule has 0 aliphatic heterocycles. The van der Waals surface area contributed by atoms with Gasteiger partial charge in [0.1, 0.15) is 5.65 Å². The van der Waals surface area contributed by atoms with Crippen molar-refractivity contribution in [2.75, 3.05) is 5.32 Å². The maximum Gasteiger partial charge on any atom is 0.434 e. The number of imidazole rings is 1. The summed E-state index contributed by atoms with van der Waals surface area (Å²) >= 11 is 5.82. The number of carbonyl (C=O) groups is 1. The zero-order chi connectivity index (χ0) is 23.9. The molecule has 10 heteroatoms. The first-order valence-corrected chi connectivity index (χ1v) is 10.4. The van der Waals surface area contributed by atoms with E-state index in [1.54, 1.807) is 24.3 Å². The van der Waals surface area contributed by atoms with E-state index in [4.69, 9.17) is 11.6 Å². The lowest BCUT2D eigenvalue weighted by atomic mass is 10.1. The molecule has 6 nitrogen and oxygen atoms in total. The molecule has 34 heavy (non-hydrogen) atoms. The second kappa shape index (κ2) is 8.35. The molecular weight excluding hydrogens is 467 g/mol. The van der Waals surface area contributed by atoms with E-state index in [0.717, 1.165) is 23.1 Å². The molecule has 0 spiro atoms. The Morgan fingerprint density at radius 1 is 0.971 bits per heavy atom. The number of fused-ring (bicyclic) bond motifs is 1. The van der Waals surface area contributed by atoms with Gasteiger partial charge in [0.25, 0.3) is 5.91 Å². The highest BCUT2D eigenvalue weighted by molar-refractivity contribution is 6.30. The number of rotatable bonds is 4. The Labute approximate surface area is 196 Å². The van der Waals surface area contributed by atoms with Crippen LogP contribution in [-0.2, 0) is 6.18 Å². The number of carbonyl (C=O) groups excluding carboxylic acids is 1. The molecule has 0 aliphatic rings. The molecule has 5 rings (SSSR count). The molecule has 1 amide bonds. The molecule has 0 radical (unpaired) electrons. The van der Waals surface area contributed by atoms with E-state index in [-0.39, 0.29) is 5.69 Å². The van der Waals surface area contributed by atoms with Crippen LogP contribution in [0.1, 0.15) is 16.1 Å². The highest BCUT2D eigenvalue weighted by Gasteiger charge is 2.40. The van der Waals surface area contributed by atoms with Gasteiger partial charge in [-0.15, -0.1) is 0 Å². The second-order valence-electron chi connectivity index (χ2n) is 7.42. The Balaban J connectivity index is 1.41. The number of nitrogens with zero attached hydrogens (tertiary/aromatic N) is 4. The Bertz CT molecular complexity index is 1460. The lowest BCUT2D eigenvalue weighted by Gasteiger charge is -2.13. The van der Waals surface area contributed by atoms with Gasteiger partial charge in [-0.05, 0) is 48.5 Å². The third kappa shape index (κ3) is 4.13. The van der Waals surface area contributed by atoms with Crippen LogP contribution in [0.15, 0.2) is 85.3 Å². The van der Waals surface area contributed by atoms with Crippen molar-refractivity contribution in [1.29, 1.82) is 0 Å². The largest absolute Gasteiger partial charge is 0.434 e. The van der Waals surface area contributed by atoms with Crippen LogP contribution in [0.2, 0.25) is 5.02 Å². The normalized spacial score (nSPS) is 11.6. The first-order valence-electron chi connectivity index (χ1n) is 10.1. The summed E-state index contributed by atoms with van der Waals surface area (Å²) in [4.78, 5) is 17.3. The average molecular weight is 482 g/mol. The molecule has 2 aromatic carbocycles. The van der Waals surface area contributed by atoms with Gasteiger partial charge >= 0.3 is 6.18 Å².